The second-order valence-corrected chi connectivity index (χ2v) is 17.0. The van der Waals surface area contributed by atoms with E-state index in [1.165, 1.54) is 6.42 Å². The van der Waals surface area contributed by atoms with Crippen LogP contribution in [0.25, 0.3) is 0 Å². The average molecular weight is 904 g/mol. The van der Waals surface area contributed by atoms with Gasteiger partial charge in [-0.2, -0.15) is 0 Å². The van der Waals surface area contributed by atoms with Gasteiger partial charge in [-0.05, 0) is 103 Å². The summed E-state index contributed by atoms with van der Waals surface area (Å²) in [5.41, 5.74) is 0. The maximum atomic E-state index is 12.8. The van der Waals surface area contributed by atoms with Gasteiger partial charge in [0.15, 0.2) is 12.4 Å². The lowest BCUT2D eigenvalue weighted by Gasteiger charge is -2.26. The smallest absolute Gasteiger partial charge is 0.306 e. The van der Waals surface area contributed by atoms with Crippen LogP contribution in [0.4, 0.5) is 0 Å². The summed E-state index contributed by atoms with van der Waals surface area (Å²) in [5.74, 6) is -2.39. The molecule has 9 nitrogen and oxygen atoms in total. The van der Waals surface area contributed by atoms with Gasteiger partial charge in [0.1, 0.15) is 13.2 Å². The van der Waals surface area contributed by atoms with Crippen LogP contribution >= 0.6 is 0 Å². The Bertz CT molecular complexity index is 1470. The van der Waals surface area contributed by atoms with Crippen molar-refractivity contribution in [3.8, 4) is 0 Å². The first-order chi connectivity index (χ1) is 31.6. The van der Waals surface area contributed by atoms with Crippen molar-refractivity contribution in [1.82, 2.24) is 0 Å². The largest absolute Gasteiger partial charge is 0.545 e. The minimum atomic E-state index is -1.64. The lowest BCUT2D eigenvalue weighted by atomic mass is 10.1. The van der Waals surface area contributed by atoms with Crippen LogP contribution in [0.5, 0.6) is 0 Å². The molecule has 0 aromatic carbocycles. The zero-order valence-electron chi connectivity index (χ0n) is 41.3. The first-order valence-corrected chi connectivity index (χ1v) is 24.7. The summed E-state index contributed by atoms with van der Waals surface area (Å²) in [6.07, 6.45) is 61.0. The molecule has 0 aliphatic carbocycles. The molecule has 0 bridgehead atoms. The van der Waals surface area contributed by atoms with Gasteiger partial charge in [0, 0.05) is 12.8 Å². The highest BCUT2D eigenvalue weighted by atomic mass is 16.7. The molecule has 0 aliphatic rings. The Labute approximate surface area is 396 Å². The number of allylic oxidation sites excluding steroid dienone is 20. The predicted octanol–water partition coefficient (Wildman–Crippen LogP) is 12.4. The number of hydrogen-bond acceptors (Lipinski definition) is 8. The fraction of sp³-hybridized carbons (Fsp3) is 0.589. The standard InChI is InChI=1S/C56H89NO8/c1-6-8-10-12-14-16-18-20-21-22-23-24-25-26-27-28-29-30-31-32-33-35-37-39-41-43-45-47-54(59)65-52(51-64-56(55(60)61)62-49-48-57(3,4)5)50-63-53(58)46-44-42-40-38-36-34-19-17-15-13-11-9-7-2/h8,10-11,13-14,16-17,19-21,23-24,26-27,29-30,32-33,37,39,52,56H,6-7,9,12,15,18,22,25,28,31,34-36,38,40-51H2,1-5H3/b10-8-,13-11-,16-14-,19-17-,21-20-,24-23-,27-26-,30-29-,33-32-,39-37-. The quantitative estimate of drug-likeness (QED) is 0.0196. The van der Waals surface area contributed by atoms with Gasteiger partial charge >= 0.3 is 11.9 Å². The van der Waals surface area contributed by atoms with Crippen molar-refractivity contribution in [3.63, 3.8) is 0 Å². The van der Waals surface area contributed by atoms with E-state index in [9.17, 15) is 19.5 Å². The molecule has 0 fully saturated rings. The molecule has 0 aliphatic heterocycles. The highest BCUT2D eigenvalue weighted by molar-refractivity contribution is 5.70. The zero-order valence-corrected chi connectivity index (χ0v) is 41.3. The molecule has 0 aromatic rings. The lowest BCUT2D eigenvalue weighted by molar-refractivity contribution is -0.870. The molecule has 2 atom stereocenters. The number of quaternary nitrogens is 1. The minimum absolute atomic E-state index is 0.129. The molecule has 0 radical (unpaired) electrons. The van der Waals surface area contributed by atoms with Crippen molar-refractivity contribution in [2.24, 2.45) is 0 Å². The van der Waals surface area contributed by atoms with E-state index in [4.69, 9.17) is 18.9 Å². The number of nitrogens with zero attached hydrogens (tertiary/aromatic N) is 1. The summed E-state index contributed by atoms with van der Waals surface area (Å²) < 4.78 is 22.5. The summed E-state index contributed by atoms with van der Waals surface area (Å²) in [6, 6.07) is 0. The number of hydrogen-bond donors (Lipinski definition) is 0. The predicted molar refractivity (Wildman–Crippen MR) is 269 cm³/mol. The van der Waals surface area contributed by atoms with Gasteiger partial charge in [0.2, 0.25) is 0 Å². The van der Waals surface area contributed by atoms with E-state index >= 15 is 0 Å². The Hall–Kier alpha value is -4.31. The second kappa shape index (κ2) is 46.2. The maximum Gasteiger partial charge on any atom is 0.306 e. The van der Waals surface area contributed by atoms with Gasteiger partial charge in [0.05, 0.1) is 40.3 Å². The number of carboxylic acids is 1. The monoisotopic (exact) mass is 904 g/mol. The molecule has 65 heavy (non-hydrogen) atoms. The van der Waals surface area contributed by atoms with Gasteiger partial charge < -0.3 is 33.3 Å². The van der Waals surface area contributed by atoms with Crippen LogP contribution in [-0.4, -0.2) is 82.3 Å². The molecule has 2 unspecified atom stereocenters. The van der Waals surface area contributed by atoms with Crippen molar-refractivity contribution >= 4 is 17.9 Å². The molecule has 0 aromatic heterocycles. The second-order valence-electron chi connectivity index (χ2n) is 17.0. The molecular formula is C56H89NO8. The third-order valence-electron chi connectivity index (χ3n) is 9.67. The number of unbranched alkanes of at least 4 members (excludes halogenated alkanes) is 8. The van der Waals surface area contributed by atoms with Gasteiger partial charge in [-0.25, -0.2) is 0 Å². The van der Waals surface area contributed by atoms with E-state index < -0.39 is 30.3 Å². The lowest BCUT2D eigenvalue weighted by Crippen LogP contribution is -2.44. The number of carbonyl (C=O) groups excluding carboxylic acids is 3. The topological polar surface area (TPSA) is 111 Å². The Morgan fingerprint density at radius 3 is 1.34 bits per heavy atom. The van der Waals surface area contributed by atoms with Crippen LogP contribution in [0, 0.1) is 0 Å². The number of rotatable bonds is 43. The number of carbonyl (C=O) groups is 3. The number of esters is 2. The molecule has 0 N–H and O–H groups in total. The zero-order chi connectivity index (χ0) is 47.7. The molecule has 0 rings (SSSR count). The first kappa shape index (κ1) is 60.7. The van der Waals surface area contributed by atoms with Gasteiger partial charge in [-0.15, -0.1) is 0 Å². The van der Waals surface area contributed by atoms with E-state index in [2.05, 4.69) is 135 Å². The Balaban J connectivity index is 4.48. The molecule has 0 saturated carbocycles. The fourth-order valence-electron chi connectivity index (χ4n) is 5.88. The SMILES string of the molecule is CC/C=C\C/C=C\C/C=C\C/C=C\C/C=C\C/C=C\C/C=C\C/C=C\CCCCC(=O)OC(COC(=O)CCCCCCC/C=C\C/C=C\CCC)COC(OCC[N+](C)(C)C)C(=O)[O-]. The third kappa shape index (κ3) is 47.5. The summed E-state index contributed by atoms with van der Waals surface area (Å²) in [6.45, 7) is 4.45. The van der Waals surface area contributed by atoms with Crippen molar-refractivity contribution < 1.29 is 42.9 Å². The normalized spacial score (nSPS) is 13.9. The van der Waals surface area contributed by atoms with Gasteiger partial charge in [-0.1, -0.05) is 161 Å². The highest BCUT2D eigenvalue weighted by Gasteiger charge is 2.21. The van der Waals surface area contributed by atoms with E-state index in [1.807, 2.05) is 21.1 Å². The fourth-order valence-corrected chi connectivity index (χ4v) is 5.88. The minimum Gasteiger partial charge on any atom is -0.545 e. The van der Waals surface area contributed by atoms with Crippen molar-refractivity contribution in [3.05, 3.63) is 122 Å². The molecular weight excluding hydrogens is 815 g/mol. The van der Waals surface area contributed by atoms with Crippen LogP contribution < -0.4 is 5.11 Å². The van der Waals surface area contributed by atoms with Crippen LogP contribution in [0.1, 0.15) is 155 Å². The van der Waals surface area contributed by atoms with Crippen molar-refractivity contribution in [2.75, 3.05) is 47.5 Å². The van der Waals surface area contributed by atoms with E-state index in [1.54, 1.807) is 0 Å². The molecule has 9 heteroatoms. The van der Waals surface area contributed by atoms with Gasteiger partial charge in [-0.3, -0.25) is 9.59 Å². The highest BCUT2D eigenvalue weighted by Crippen LogP contribution is 2.11. The van der Waals surface area contributed by atoms with Gasteiger partial charge in [0.25, 0.3) is 0 Å². The number of likely N-dealkylation sites (N-methyl/N-ethyl adjacent to an activating group) is 1. The summed E-state index contributed by atoms with van der Waals surface area (Å²) >= 11 is 0. The number of carboxylic acid groups (broad SMARTS) is 1. The van der Waals surface area contributed by atoms with E-state index in [0.717, 1.165) is 109 Å². The van der Waals surface area contributed by atoms with Crippen molar-refractivity contribution in [1.29, 1.82) is 0 Å². The number of aliphatic carboxylic acids is 1. The van der Waals surface area contributed by atoms with Crippen LogP contribution in [-0.2, 0) is 33.3 Å². The first-order valence-electron chi connectivity index (χ1n) is 24.7. The Kier molecular flexibility index (Phi) is 43.2. The summed E-state index contributed by atoms with van der Waals surface area (Å²) in [4.78, 5) is 37.0. The Morgan fingerprint density at radius 1 is 0.477 bits per heavy atom. The van der Waals surface area contributed by atoms with Crippen LogP contribution in [0.15, 0.2) is 122 Å². The summed E-state index contributed by atoms with van der Waals surface area (Å²) in [5, 5.41) is 11.7. The molecule has 0 saturated heterocycles. The van der Waals surface area contributed by atoms with Crippen LogP contribution in [0.2, 0.25) is 0 Å². The summed E-state index contributed by atoms with van der Waals surface area (Å²) in [7, 11) is 5.88. The molecule has 0 heterocycles. The number of ether oxygens (including phenoxy) is 4. The van der Waals surface area contributed by atoms with Crippen LogP contribution in [0.3, 0.4) is 0 Å². The average Bonchev–Trinajstić information content (AvgIpc) is 3.27. The van der Waals surface area contributed by atoms with E-state index in [0.29, 0.717) is 23.9 Å². The maximum absolute atomic E-state index is 12.8. The van der Waals surface area contributed by atoms with Crippen molar-refractivity contribution in [2.45, 2.75) is 167 Å². The molecule has 0 spiro atoms. The third-order valence-corrected chi connectivity index (χ3v) is 9.67. The molecule has 0 amide bonds. The molecule has 366 valence electrons. The van der Waals surface area contributed by atoms with E-state index in [-0.39, 0.29) is 32.7 Å². The Morgan fingerprint density at radius 2 is 0.877 bits per heavy atom.